The summed E-state index contributed by atoms with van der Waals surface area (Å²) < 4.78 is 13.3. The summed E-state index contributed by atoms with van der Waals surface area (Å²) in [6.07, 6.45) is 0. The highest BCUT2D eigenvalue weighted by Gasteiger charge is 2.11. The molecule has 4 heteroatoms. The van der Waals surface area contributed by atoms with E-state index in [0.29, 0.717) is 23.7 Å². The summed E-state index contributed by atoms with van der Waals surface area (Å²) in [5, 5.41) is 12.8. The van der Waals surface area contributed by atoms with Gasteiger partial charge in [0.05, 0.1) is 5.60 Å². The van der Waals surface area contributed by atoms with Gasteiger partial charge in [0.25, 0.3) is 0 Å². The predicted molar refractivity (Wildman–Crippen MR) is 59.4 cm³/mol. The van der Waals surface area contributed by atoms with E-state index in [-0.39, 0.29) is 5.82 Å². The topological polar surface area (TPSA) is 32.3 Å². The van der Waals surface area contributed by atoms with Crippen molar-refractivity contribution in [2.45, 2.75) is 26.0 Å². The van der Waals surface area contributed by atoms with Crippen LogP contribution in [-0.2, 0) is 6.54 Å². The Morgan fingerprint density at radius 1 is 1.47 bits per heavy atom. The van der Waals surface area contributed by atoms with Gasteiger partial charge in [0, 0.05) is 23.7 Å². The minimum Gasteiger partial charge on any atom is -0.389 e. The van der Waals surface area contributed by atoms with E-state index in [0.717, 1.165) is 0 Å². The first-order valence-electron chi connectivity index (χ1n) is 4.75. The molecule has 0 unspecified atom stereocenters. The van der Waals surface area contributed by atoms with Crippen molar-refractivity contribution in [1.29, 1.82) is 0 Å². The SMILES string of the molecule is CC(C)(O)CNCc1ccc(Cl)cc1F. The molecule has 1 aromatic rings. The third-order valence-corrected chi connectivity index (χ3v) is 2.12. The van der Waals surface area contributed by atoms with Crippen molar-refractivity contribution in [1.82, 2.24) is 5.32 Å². The molecule has 0 saturated heterocycles. The van der Waals surface area contributed by atoms with Crippen molar-refractivity contribution in [2.24, 2.45) is 0 Å². The molecule has 0 fully saturated rings. The molecular weight excluding hydrogens is 217 g/mol. The molecule has 0 aromatic heterocycles. The largest absolute Gasteiger partial charge is 0.389 e. The lowest BCUT2D eigenvalue weighted by molar-refractivity contribution is 0.0794. The quantitative estimate of drug-likeness (QED) is 0.834. The molecule has 0 aliphatic heterocycles. The minimum absolute atomic E-state index is 0.328. The minimum atomic E-state index is -0.789. The van der Waals surface area contributed by atoms with E-state index in [4.69, 9.17) is 11.6 Å². The van der Waals surface area contributed by atoms with Crippen LogP contribution in [0.3, 0.4) is 0 Å². The fourth-order valence-electron chi connectivity index (χ4n) is 1.17. The van der Waals surface area contributed by atoms with Crippen molar-refractivity contribution in [3.05, 3.63) is 34.6 Å². The van der Waals surface area contributed by atoms with E-state index in [1.54, 1.807) is 26.0 Å². The van der Waals surface area contributed by atoms with E-state index in [9.17, 15) is 9.50 Å². The average molecular weight is 232 g/mol. The smallest absolute Gasteiger partial charge is 0.129 e. The normalized spacial score (nSPS) is 11.8. The number of halogens is 2. The summed E-state index contributed by atoms with van der Waals surface area (Å²) in [6, 6.07) is 4.56. The van der Waals surface area contributed by atoms with Gasteiger partial charge in [-0.1, -0.05) is 17.7 Å². The van der Waals surface area contributed by atoms with Gasteiger partial charge in [-0.15, -0.1) is 0 Å². The van der Waals surface area contributed by atoms with Crippen molar-refractivity contribution in [3.8, 4) is 0 Å². The van der Waals surface area contributed by atoms with Crippen LogP contribution in [0.4, 0.5) is 4.39 Å². The number of rotatable bonds is 4. The van der Waals surface area contributed by atoms with Gasteiger partial charge in [0.1, 0.15) is 5.82 Å². The molecule has 1 aromatic carbocycles. The maximum absolute atomic E-state index is 13.3. The second kappa shape index (κ2) is 4.92. The maximum Gasteiger partial charge on any atom is 0.129 e. The van der Waals surface area contributed by atoms with Crippen LogP contribution in [0.5, 0.6) is 0 Å². The lowest BCUT2D eigenvalue weighted by Crippen LogP contribution is -2.34. The Morgan fingerprint density at radius 3 is 2.67 bits per heavy atom. The summed E-state index contributed by atoms with van der Waals surface area (Å²) in [7, 11) is 0. The second-order valence-corrected chi connectivity index (χ2v) is 4.59. The molecule has 0 aliphatic rings. The van der Waals surface area contributed by atoms with Crippen LogP contribution >= 0.6 is 11.6 Å². The zero-order valence-corrected chi connectivity index (χ0v) is 9.61. The molecule has 0 heterocycles. The van der Waals surface area contributed by atoms with Crippen molar-refractivity contribution in [3.63, 3.8) is 0 Å². The van der Waals surface area contributed by atoms with Gasteiger partial charge < -0.3 is 10.4 Å². The third-order valence-electron chi connectivity index (χ3n) is 1.89. The lowest BCUT2D eigenvalue weighted by atomic mass is 10.1. The van der Waals surface area contributed by atoms with Crippen LogP contribution in [0.15, 0.2) is 18.2 Å². The lowest BCUT2D eigenvalue weighted by Gasteiger charge is -2.17. The molecule has 0 amide bonds. The van der Waals surface area contributed by atoms with Crippen molar-refractivity contribution < 1.29 is 9.50 Å². The Kier molecular flexibility index (Phi) is 4.08. The zero-order valence-electron chi connectivity index (χ0n) is 8.85. The van der Waals surface area contributed by atoms with E-state index >= 15 is 0 Å². The molecule has 0 radical (unpaired) electrons. The fraction of sp³-hybridized carbons (Fsp3) is 0.455. The Morgan fingerprint density at radius 2 is 2.13 bits per heavy atom. The van der Waals surface area contributed by atoms with Crippen molar-refractivity contribution >= 4 is 11.6 Å². The number of hydrogen-bond donors (Lipinski definition) is 2. The van der Waals surface area contributed by atoms with Gasteiger partial charge in [-0.05, 0) is 26.0 Å². The molecule has 0 saturated carbocycles. The summed E-state index contributed by atoms with van der Waals surface area (Å²) in [4.78, 5) is 0. The average Bonchev–Trinajstić information content (AvgIpc) is 2.07. The van der Waals surface area contributed by atoms with Crippen LogP contribution in [0.2, 0.25) is 5.02 Å². The molecule has 1 rings (SSSR count). The van der Waals surface area contributed by atoms with Gasteiger partial charge in [0.15, 0.2) is 0 Å². The maximum atomic E-state index is 13.3. The highest BCUT2D eigenvalue weighted by Crippen LogP contribution is 2.14. The van der Waals surface area contributed by atoms with E-state index in [1.165, 1.54) is 6.07 Å². The zero-order chi connectivity index (χ0) is 11.5. The van der Waals surface area contributed by atoms with Gasteiger partial charge in [0.2, 0.25) is 0 Å². The standard InChI is InChI=1S/C11H15ClFNO/c1-11(2,15)7-14-6-8-3-4-9(12)5-10(8)13/h3-5,14-15H,6-7H2,1-2H3. The fourth-order valence-corrected chi connectivity index (χ4v) is 1.33. The summed E-state index contributed by atoms with van der Waals surface area (Å²) >= 11 is 5.62. The molecule has 2 N–H and O–H groups in total. The highest BCUT2D eigenvalue weighted by atomic mass is 35.5. The Hall–Kier alpha value is -0.640. The molecule has 84 valence electrons. The first-order chi connectivity index (χ1) is 6.88. The Labute approximate surface area is 94.1 Å². The summed E-state index contributed by atoms with van der Waals surface area (Å²) in [6.45, 7) is 4.18. The number of nitrogens with one attached hydrogen (secondary N) is 1. The van der Waals surface area contributed by atoms with E-state index in [2.05, 4.69) is 5.32 Å². The third kappa shape index (κ3) is 4.60. The van der Waals surface area contributed by atoms with E-state index < -0.39 is 5.60 Å². The molecule has 0 aliphatic carbocycles. The van der Waals surface area contributed by atoms with Crippen LogP contribution in [0.1, 0.15) is 19.4 Å². The molecule has 2 nitrogen and oxygen atoms in total. The molecule has 15 heavy (non-hydrogen) atoms. The molecular formula is C11H15ClFNO. The van der Waals surface area contributed by atoms with Gasteiger partial charge >= 0.3 is 0 Å². The molecule has 0 atom stereocenters. The van der Waals surface area contributed by atoms with Crippen LogP contribution < -0.4 is 5.32 Å². The number of aliphatic hydroxyl groups is 1. The second-order valence-electron chi connectivity index (χ2n) is 4.15. The summed E-state index contributed by atoms with van der Waals surface area (Å²) in [5.74, 6) is -0.328. The molecule has 0 bridgehead atoms. The first kappa shape index (κ1) is 12.4. The number of hydrogen-bond acceptors (Lipinski definition) is 2. The molecule has 0 spiro atoms. The Balaban J connectivity index is 2.51. The predicted octanol–water partition coefficient (Wildman–Crippen LogP) is 2.34. The summed E-state index contributed by atoms with van der Waals surface area (Å²) in [5.41, 5.74) is -0.244. The van der Waals surface area contributed by atoms with Crippen LogP contribution in [0.25, 0.3) is 0 Å². The van der Waals surface area contributed by atoms with Crippen LogP contribution in [-0.4, -0.2) is 17.3 Å². The first-order valence-corrected chi connectivity index (χ1v) is 5.13. The monoisotopic (exact) mass is 231 g/mol. The van der Waals surface area contributed by atoms with Gasteiger partial charge in [-0.25, -0.2) is 4.39 Å². The van der Waals surface area contributed by atoms with Crippen LogP contribution in [0, 0.1) is 5.82 Å². The highest BCUT2D eigenvalue weighted by molar-refractivity contribution is 6.30. The Bertz CT molecular complexity index is 336. The number of benzene rings is 1. The van der Waals surface area contributed by atoms with Crippen molar-refractivity contribution in [2.75, 3.05) is 6.54 Å². The van der Waals surface area contributed by atoms with E-state index in [1.807, 2.05) is 0 Å². The van der Waals surface area contributed by atoms with Gasteiger partial charge in [-0.3, -0.25) is 0 Å². The van der Waals surface area contributed by atoms with Gasteiger partial charge in [-0.2, -0.15) is 0 Å².